The highest BCUT2D eigenvalue weighted by molar-refractivity contribution is 8.27. The molecule has 0 spiro atoms. The van der Waals surface area contributed by atoms with E-state index in [2.05, 4.69) is 23.1 Å². The molecule has 1 amide bonds. The van der Waals surface area contributed by atoms with E-state index in [1.165, 1.54) is 22.3 Å². The average molecular weight is 497 g/mol. The summed E-state index contributed by atoms with van der Waals surface area (Å²) in [7, 11) is 0. The Labute approximate surface area is 211 Å². The Bertz CT molecular complexity index is 1490. The molecule has 3 aliphatic heterocycles. The normalized spacial score (nSPS) is 17.2. The largest absolute Gasteiger partial charge is 0.489 e. The molecule has 36 heavy (non-hydrogen) atoms. The van der Waals surface area contributed by atoms with Gasteiger partial charge in [0, 0.05) is 5.56 Å². The lowest BCUT2D eigenvalue weighted by Crippen LogP contribution is -2.35. The van der Waals surface area contributed by atoms with Crippen molar-refractivity contribution in [1.29, 1.82) is 5.41 Å². The minimum absolute atomic E-state index is 0.0203. The third kappa shape index (κ3) is 4.14. The predicted octanol–water partition coefficient (Wildman–Crippen LogP) is 4.97. The highest BCUT2D eigenvalue weighted by Gasteiger charge is 2.36. The van der Waals surface area contributed by atoms with Crippen LogP contribution in [0, 0.1) is 12.3 Å². The molecule has 0 aliphatic carbocycles. The molecule has 0 aromatic heterocycles. The molecule has 3 aromatic carbocycles. The van der Waals surface area contributed by atoms with Crippen molar-refractivity contribution in [2.75, 3.05) is 6.79 Å². The van der Waals surface area contributed by atoms with Gasteiger partial charge in [0.2, 0.25) is 12.0 Å². The monoisotopic (exact) mass is 496 g/mol. The molecule has 3 aliphatic rings. The summed E-state index contributed by atoms with van der Waals surface area (Å²) in [6.07, 6.45) is 1.65. The van der Waals surface area contributed by atoms with Crippen molar-refractivity contribution < 1.29 is 19.0 Å². The van der Waals surface area contributed by atoms with Crippen LogP contribution in [0.1, 0.15) is 22.3 Å². The summed E-state index contributed by atoms with van der Waals surface area (Å²) in [5, 5.41) is 15.5. The molecule has 6 rings (SSSR count). The molecule has 8 nitrogen and oxygen atoms in total. The van der Waals surface area contributed by atoms with Crippen LogP contribution in [0.5, 0.6) is 17.2 Å². The highest BCUT2D eigenvalue weighted by Crippen LogP contribution is 2.36. The first-order valence-electron chi connectivity index (χ1n) is 11.2. The number of nitrogens with zero attached hydrogens (tertiary/aromatic N) is 3. The van der Waals surface area contributed by atoms with E-state index in [0.717, 1.165) is 22.4 Å². The summed E-state index contributed by atoms with van der Waals surface area (Å²) in [4.78, 5) is 16.9. The van der Waals surface area contributed by atoms with Gasteiger partial charge in [-0.25, -0.2) is 0 Å². The summed E-state index contributed by atoms with van der Waals surface area (Å²) >= 11 is 1.24. The number of carbonyl (C=O) groups is 1. The molecule has 0 atom stereocenters. The number of aryl methyl sites for hydroxylation is 1. The van der Waals surface area contributed by atoms with Crippen LogP contribution < -0.4 is 14.2 Å². The molecule has 3 aromatic rings. The van der Waals surface area contributed by atoms with Gasteiger partial charge in [-0.05, 0) is 71.8 Å². The first kappa shape index (κ1) is 22.1. The maximum absolute atomic E-state index is 12.8. The molecule has 1 N–H and O–H groups in total. The van der Waals surface area contributed by atoms with Gasteiger partial charge in [-0.1, -0.05) is 36.4 Å². The van der Waals surface area contributed by atoms with Gasteiger partial charge in [-0.2, -0.15) is 15.1 Å². The van der Waals surface area contributed by atoms with Crippen LogP contribution in [0.25, 0.3) is 6.08 Å². The minimum Gasteiger partial charge on any atom is -0.489 e. The van der Waals surface area contributed by atoms with Crippen LogP contribution in [-0.4, -0.2) is 33.8 Å². The van der Waals surface area contributed by atoms with Crippen LogP contribution in [0.3, 0.4) is 0 Å². The summed E-state index contributed by atoms with van der Waals surface area (Å²) < 4.78 is 16.7. The number of thioether (sulfide) groups is 1. The van der Waals surface area contributed by atoms with Gasteiger partial charge in [-0.3, -0.25) is 10.2 Å². The van der Waals surface area contributed by atoms with Crippen molar-refractivity contribution in [2.45, 2.75) is 13.5 Å². The smallest absolute Gasteiger partial charge is 0.283 e. The molecule has 0 unspecified atom stereocenters. The quantitative estimate of drug-likeness (QED) is 0.501. The number of carbonyl (C=O) groups excluding carboxylic acids is 1. The number of amidine groups is 2. The number of aliphatic imine (C=N–C) groups is 1. The number of rotatable bonds is 5. The summed E-state index contributed by atoms with van der Waals surface area (Å²) in [6.45, 7) is 2.72. The third-order valence-electron chi connectivity index (χ3n) is 5.92. The van der Waals surface area contributed by atoms with E-state index in [0.29, 0.717) is 28.3 Å². The minimum atomic E-state index is -0.472. The molecule has 9 heteroatoms. The zero-order chi connectivity index (χ0) is 24.6. The van der Waals surface area contributed by atoms with E-state index in [1.54, 1.807) is 6.08 Å². The van der Waals surface area contributed by atoms with E-state index < -0.39 is 5.91 Å². The number of fused-ring (bicyclic) bond motifs is 2. The number of benzene rings is 3. The number of nitrogens with one attached hydrogen (secondary N) is 1. The number of hydrogen-bond donors (Lipinski definition) is 1. The summed E-state index contributed by atoms with van der Waals surface area (Å²) in [6, 6.07) is 21.0. The van der Waals surface area contributed by atoms with Gasteiger partial charge < -0.3 is 14.2 Å². The Balaban J connectivity index is 1.19. The molecular formula is C27H20N4O4S. The third-order valence-corrected chi connectivity index (χ3v) is 6.88. The van der Waals surface area contributed by atoms with E-state index in [-0.39, 0.29) is 18.2 Å². The number of amides is 1. The SMILES string of the molecule is Cc1ccccc1COc1ccc(C=C2C(=N)N3N=C(c4ccc5c(c4)OCO5)SC3=NC2=O)cc1. The van der Waals surface area contributed by atoms with Gasteiger partial charge in [0.1, 0.15) is 17.4 Å². The summed E-state index contributed by atoms with van der Waals surface area (Å²) in [5.74, 6) is 1.55. The van der Waals surface area contributed by atoms with Crippen molar-refractivity contribution >= 4 is 39.8 Å². The molecule has 0 fully saturated rings. The Hall–Kier alpha value is -4.37. The molecule has 0 saturated heterocycles. The van der Waals surface area contributed by atoms with Gasteiger partial charge in [0.25, 0.3) is 5.91 Å². The maximum Gasteiger partial charge on any atom is 0.283 e. The fourth-order valence-electron chi connectivity index (χ4n) is 3.90. The second kappa shape index (κ2) is 9.01. The Morgan fingerprint density at radius 3 is 2.72 bits per heavy atom. The van der Waals surface area contributed by atoms with Crippen molar-refractivity contribution in [1.82, 2.24) is 5.01 Å². The van der Waals surface area contributed by atoms with E-state index in [9.17, 15) is 4.79 Å². The maximum atomic E-state index is 12.8. The Morgan fingerprint density at radius 1 is 1.08 bits per heavy atom. The zero-order valence-corrected chi connectivity index (χ0v) is 20.0. The van der Waals surface area contributed by atoms with Gasteiger partial charge in [-0.15, -0.1) is 0 Å². The van der Waals surface area contributed by atoms with Crippen molar-refractivity contribution in [3.8, 4) is 17.2 Å². The Kier molecular flexibility index (Phi) is 5.54. The lowest BCUT2D eigenvalue weighted by Gasteiger charge is -2.20. The molecule has 0 radical (unpaired) electrons. The van der Waals surface area contributed by atoms with Crippen molar-refractivity contribution in [3.05, 3.63) is 94.6 Å². The zero-order valence-electron chi connectivity index (χ0n) is 19.2. The molecular weight excluding hydrogens is 476 g/mol. The first-order chi connectivity index (χ1) is 17.5. The fourth-order valence-corrected chi connectivity index (χ4v) is 4.79. The molecule has 0 bridgehead atoms. The number of hydrogen-bond acceptors (Lipinski definition) is 7. The number of hydrazone groups is 1. The second-order valence-electron chi connectivity index (χ2n) is 8.28. The van der Waals surface area contributed by atoms with Crippen LogP contribution in [0.15, 0.2) is 82.4 Å². The topological polar surface area (TPSA) is 96.6 Å². The second-order valence-corrected chi connectivity index (χ2v) is 9.23. The van der Waals surface area contributed by atoms with Crippen molar-refractivity contribution in [3.63, 3.8) is 0 Å². The highest BCUT2D eigenvalue weighted by atomic mass is 32.2. The van der Waals surface area contributed by atoms with Crippen LogP contribution >= 0.6 is 11.8 Å². The van der Waals surface area contributed by atoms with Gasteiger partial charge in [0.15, 0.2) is 17.3 Å². The first-order valence-corrected chi connectivity index (χ1v) is 12.0. The van der Waals surface area contributed by atoms with E-state index >= 15 is 0 Å². The van der Waals surface area contributed by atoms with Gasteiger partial charge >= 0.3 is 0 Å². The van der Waals surface area contributed by atoms with E-state index in [1.807, 2.05) is 60.7 Å². The van der Waals surface area contributed by atoms with Gasteiger partial charge in [0.05, 0.1) is 5.57 Å². The van der Waals surface area contributed by atoms with Crippen LogP contribution in [0.2, 0.25) is 0 Å². The lowest BCUT2D eigenvalue weighted by molar-refractivity contribution is -0.114. The standard InChI is InChI=1S/C27H20N4O4S/c1-16-4-2-3-5-19(16)14-33-20-9-6-17(7-10-20)12-21-24(28)31-27(29-25(21)32)36-26(30-31)18-8-11-22-23(13-18)35-15-34-22/h2-13,28H,14-15H2,1H3. The predicted molar refractivity (Wildman–Crippen MR) is 139 cm³/mol. The summed E-state index contributed by atoms with van der Waals surface area (Å²) in [5.41, 5.74) is 4.04. The van der Waals surface area contributed by atoms with E-state index in [4.69, 9.17) is 19.6 Å². The molecule has 0 saturated carbocycles. The van der Waals surface area contributed by atoms with Crippen molar-refractivity contribution in [2.24, 2.45) is 10.1 Å². The van der Waals surface area contributed by atoms with Crippen LogP contribution in [-0.2, 0) is 11.4 Å². The molecule has 178 valence electrons. The molecule has 3 heterocycles. The Morgan fingerprint density at radius 2 is 1.89 bits per heavy atom. The fraction of sp³-hybridized carbons (Fsp3) is 0.111. The lowest BCUT2D eigenvalue weighted by atomic mass is 10.1. The average Bonchev–Trinajstić information content (AvgIpc) is 3.53. The number of ether oxygens (including phenoxy) is 3. The van der Waals surface area contributed by atoms with Crippen LogP contribution in [0.4, 0.5) is 0 Å².